The van der Waals surface area contributed by atoms with E-state index in [1.54, 1.807) is 0 Å². The van der Waals surface area contributed by atoms with Crippen LogP contribution in [0.5, 0.6) is 0 Å². The Morgan fingerprint density at radius 3 is 2.30 bits per heavy atom. The molecule has 6 N–H and O–H groups in total. The molecule has 0 spiro atoms. The van der Waals surface area contributed by atoms with Crippen molar-refractivity contribution in [2.45, 2.75) is 136 Å². The summed E-state index contributed by atoms with van der Waals surface area (Å²) in [5, 5.41) is 19.2. The Bertz CT molecular complexity index is 981. The zero-order valence-corrected chi connectivity index (χ0v) is 28.7. The van der Waals surface area contributed by atoms with Gasteiger partial charge in [-0.1, -0.05) is 34.6 Å². The molecule has 4 saturated carbocycles. The molecule has 0 amide bonds. The summed E-state index contributed by atoms with van der Waals surface area (Å²) in [6.45, 7) is 15.3. The van der Waals surface area contributed by atoms with Gasteiger partial charge in [0.1, 0.15) is 0 Å². The Morgan fingerprint density at radius 1 is 0.907 bits per heavy atom. The van der Waals surface area contributed by atoms with Gasteiger partial charge in [-0.05, 0) is 162 Å². The van der Waals surface area contributed by atoms with E-state index in [1.807, 2.05) is 13.8 Å². The van der Waals surface area contributed by atoms with Crippen molar-refractivity contribution in [1.29, 1.82) is 0 Å². The number of unbranched alkanes of at least 4 members (excludes halogenated alkanes) is 1. The first-order valence-corrected chi connectivity index (χ1v) is 19.1. The van der Waals surface area contributed by atoms with Crippen molar-refractivity contribution >= 4 is 10.4 Å². The number of nitrogens with two attached hydrogens (primary N) is 1. The molecule has 0 bridgehead atoms. The lowest BCUT2D eigenvalue weighted by atomic mass is 9.43. The molecule has 0 aromatic rings. The molecular weight excluding hydrogens is 562 g/mol. The minimum absolute atomic E-state index is 0.0152. The lowest BCUT2D eigenvalue weighted by Gasteiger charge is -2.62. The smallest absolute Gasteiger partial charge is 0.393 e. The Kier molecular flexibility index (Phi) is 12.5. The summed E-state index contributed by atoms with van der Waals surface area (Å²) in [7, 11) is -4.45. The van der Waals surface area contributed by atoms with E-state index in [9.17, 15) is 18.1 Å². The van der Waals surface area contributed by atoms with Crippen LogP contribution in [-0.4, -0.2) is 62.5 Å². The van der Waals surface area contributed by atoms with Gasteiger partial charge in [-0.3, -0.25) is 4.55 Å². The van der Waals surface area contributed by atoms with Gasteiger partial charge in [0, 0.05) is 6.04 Å². The summed E-state index contributed by atoms with van der Waals surface area (Å²) in [4.78, 5) is 0. The molecule has 9 heteroatoms. The summed E-state index contributed by atoms with van der Waals surface area (Å²) >= 11 is 0. The monoisotopic (exact) mass is 627 g/mol. The normalized spacial score (nSPS) is 39.2. The van der Waals surface area contributed by atoms with Crippen LogP contribution in [0.1, 0.15) is 118 Å². The highest BCUT2D eigenvalue weighted by molar-refractivity contribution is 7.80. The average Bonchev–Trinajstić information content (AvgIpc) is 3.29. The van der Waals surface area contributed by atoms with E-state index in [0.717, 1.165) is 58.3 Å². The van der Waals surface area contributed by atoms with Crippen LogP contribution in [0, 0.1) is 52.3 Å². The van der Waals surface area contributed by atoms with Crippen LogP contribution in [0.25, 0.3) is 0 Å². The van der Waals surface area contributed by atoms with Crippen molar-refractivity contribution in [1.82, 2.24) is 10.6 Å². The number of hydrogen-bond acceptors (Lipinski definition) is 7. The fraction of sp³-hybridized carbons (Fsp3) is 1.00. The van der Waals surface area contributed by atoms with Crippen LogP contribution in [0.2, 0.25) is 0 Å². The highest BCUT2D eigenvalue weighted by Crippen LogP contribution is 2.68. The van der Waals surface area contributed by atoms with Gasteiger partial charge in [-0.2, -0.15) is 8.42 Å². The van der Waals surface area contributed by atoms with Crippen molar-refractivity contribution in [3.8, 4) is 0 Å². The fourth-order valence-electron chi connectivity index (χ4n) is 10.7. The molecule has 5 unspecified atom stereocenters. The van der Waals surface area contributed by atoms with Gasteiger partial charge < -0.3 is 21.5 Å². The lowest BCUT2D eigenvalue weighted by molar-refractivity contribution is -0.167. The fourth-order valence-corrected chi connectivity index (χ4v) is 11.3. The molecule has 4 aliphatic carbocycles. The number of fused-ring (bicyclic) bond motifs is 5. The topological polar surface area (TPSA) is 134 Å². The summed E-state index contributed by atoms with van der Waals surface area (Å²) in [6, 6.07) is 0.573. The number of hydrogen-bond donors (Lipinski definition) is 5. The van der Waals surface area contributed by atoms with Crippen LogP contribution in [0.3, 0.4) is 0 Å². The zero-order chi connectivity index (χ0) is 31.4. The van der Waals surface area contributed by atoms with Gasteiger partial charge >= 0.3 is 10.4 Å². The molecule has 0 aromatic heterocycles. The van der Waals surface area contributed by atoms with Crippen LogP contribution in [0.15, 0.2) is 0 Å². The third-order valence-electron chi connectivity index (χ3n) is 13.1. The summed E-state index contributed by atoms with van der Waals surface area (Å²) in [6.07, 6.45) is 13.7. The van der Waals surface area contributed by atoms with Crippen LogP contribution < -0.4 is 16.4 Å². The lowest BCUT2D eigenvalue weighted by Crippen LogP contribution is -2.59. The van der Waals surface area contributed by atoms with Crippen molar-refractivity contribution in [2.24, 2.45) is 58.0 Å². The molecule has 11 atom stereocenters. The molecule has 4 rings (SSSR count). The van der Waals surface area contributed by atoms with E-state index in [2.05, 4.69) is 31.4 Å². The first-order chi connectivity index (χ1) is 20.3. The molecule has 252 valence electrons. The third-order valence-corrected chi connectivity index (χ3v) is 13.6. The van der Waals surface area contributed by atoms with Gasteiger partial charge in [0.25, 0.3) is 0 Å². The predicted octanol–water partition coefficient (Wildman–Crippen LogP) is 5.55. The van der Waals surface area contributed by atoms with E-state index >= 15 is 0 Å². The molecule has 43 heavy (non-hydrogen) atoms. The molecule has 4 aliphatic rings. The minimum atomic E-state index is -4.45. The standard InChI is InChI=1S/C34H65N3O5S/c1-23(2)31(42-43(39,40)41)12-9-24(3)27-10-11-28-32-29(14-16-34(27,28)5)33(4)15-13-26(21-25(33)22-30(32)38)37-20-8-19-36-18-7-6-17-35/h23-32,36-38H,6-22,35H2,1-5H3,(H,39,40,41)/t24?,25-,26+,27?,28+,29?,30-,31?,32?,33+,34-/m1/s1. The Hall–Kier alpha value is -0.290. The predicted molar refractivity (Wildman–Crippen MR) is 174 cm³/mol. The third kappa shape index (κ3) is 8.36. The zero-order valence-electron chi connectivity index (χ0n) is 27.9. The summed E-state index contributed by atoms with van der Waals surface area (Å²) < 4.78 is 37.1. The number of aliphatic hydroxyl groups is 1. The van der Waals surface area contributed by atoms with Crippen molar-refractivity contribution in [3.05, 3.63) is 0 Å². The molecular formula is C34H65N3O5S. The second kappa shape index (κ2) is 15.1. The highest BCUT2D eigenvalue weighted by atomic mass is 32.3. The van der Waals surface area contributed by atoms with Gasteiger partial charge in [-0.15, -0.1) is 0 Å². The van der Waals surface area contributed by atoms with E-state index < -0.39 is 16.5 Å². The van der Waals surface area contributed by atoms with Gasteiger partial charge in [0.2, 0.25) is 0 Å². The van der Waals surface area contributed by atoms with E-state index in [4.69, 9.17) is 9.92 Å². The Balaban J connectivity index is 1.32. The number of rotatable bonds is 16. The second-order valence-corrected chi connectivity index (χ2v) is 17.0. The Morgan fingerprint density at radius 2 is 1.60 bits per heavy atom. The maximum absolute atomic E-state index is 11.8. The number of aliphatic hydroxyl groups excluding tert-OH is 1. The largest absolute Gasteiger partial charge is 0.397 e. The van der Waals surface area contributed by atoms with Crippen LogP contribution in [-0.2, 0) is 14.6 Å². The first-order valence-electron chi connectivity index (χ1n) is 17.8. The van der Waals surface area contributed by atoms with Crippen molar-refractivity contribution in [3.63, 3.8) is 0 Å². The quantitative estimate of drug-likeness (QED) is 0.111. The second-order valence-electron chi connectivity index (χ2n) is 15.9. The Labute approximate surface area is 263 Å². The molecule has 0 saturated heterocycles. The van der Waals surface area contributed by atoms with Gasteiger partial charge in [0.15, 0.2) is 0 Å². The first kappa shape index (κ1) is 35.6. The van der Waals surface area contributed by atoms with Crippen LogP contribution >= 0.6 is 0 Å². The van der Waals surface area contributed by atoms with Crippen molar-refractivity contribution in [2.75, 3.05) is 26.2 Å². The molecule has 0 radical (unpaired) electrons. The van der Waals surface area contributed by atoms with Gasteiger partial charge in [-0.25, -0.2) is 4.18 Å². The summed E-state index contributed by atoms with van der Waals surface area (Å²) in [5.41, 5.74) is 6.13. The highest BCUT2D eigenvalue weighted by Gasteiger charge is 2.62. The SMILES string of the molecule is CC(C)C(CCC(C)C1CC[C@H]2C3C(CC[C@]12C)[C@@]1(C)CC[C@H](NCCCNCCCCN)C[C@@H]1C[C@H]3O)OS(=O)(=O)O. The summed E-state index contributed by atoms with van der Waals surface area (Å²) in [5.74, 6) is 3.21. The molecule has 0 heterocycles. The molecule has 0 aromatic carbocycles. The van der Waals surface area contributed by atoms with E-state index in [-0.39, 0.29) is 17.4 Å². The molecule has 4 fully saturated rings. The van der Waals surface area contributed by atoms with Gasteiger partial charge in [0.05, 0.1) is 12.2 Å². The van der Waals surface area contributed by atoms with E-state index in [0.29, 0.717) is 53.4 Å². The maximum Gasteiger partial charge on any atom is 0.397 e. The average molecular weight is 628 g/mol. The minimum Gasteiger partial charge on any atom is -0.393 e. The maximum atomic E-state index is 11.8. The number of nitrogens with one attached hydrogen (secondary N) is 2. The molecule has 0 aliphatic heterocycles. The van der Waals surface area contributed by atoms with Crippen LogP contribution in [0.4, 0.5) is 0 Å². The molecule has 8 nitrogen and oxygen atoms in total. The van der Waals surface area contributed by atoms with E-state index in [1.165, 1.54) is 44.9 Å². The van der Waals surface area contributed by atoms with Crippen molar-refractivity contribution < 1.29 is 22.3 Å².